The molecule has 7 nitrogen and oxygen atoms in total. The van der Waals surface area contributed by atoms with Gasteiger partial charge in [-0.25, -0.2) is 4.98 Å². The highest BCUT2D eigenvalue weighted by Crippen LogP contribution is 2.45. The number of benzene rings is 1. The Kier molecular flexibility index (Phi) is 4.47. The first-order chi connectivity index (χ1) is 14.2. The van der Waals surface area contributed by atoms with Crippen LogP contribution in [0.5, 0.6) is 0 Å². The minimum atomic E-state index is -0.431. The molecule has 3 aliphatic heterocycles. The summed E-state index contributed by atoms with van der Waals surface area (Å²) in [7, 11) is 0. The van der Waals surface area contributed by atoms with Crippen molar-refractivity contribution < 1.29 is 14.3 Å². The first-order valence-corrected chi connectivity index (χ1v) is 10.2. The van der Waals surface area contributed by atoms with Crippen LogP contribution in [0.4, 0.5) is 11.5 Å². The van der Waals surface area contributed by atoms with Gasteiger partial charge >= 0.3 is 0 Å². The van der Waals surface area contributed by atoms with E-state index >= 15 is 0 Å². The standard InChI is InChI=1S/C22H24N4O3/c27-20(26-11-13-29-14-12-26)16-5-6-19(23-15-16)25-9-7-22(8-10-25)17-3-1-2-4-18(17)24-21(22)28/h1-6,15H,7-14H2,(H,24,28). The number of rotatable bonds is 2. The van der Waals surface area contributed by atoms with Crippen LogP contribution in [0.3, 0.4) is 0 Å². The van der Waals surface area contributed by atoms with Crippen molar-refractivity contribution >= 4 is 23.3 Å². The van der Waals surface area contributed by atoms with Crippen molar-refractivity contribution in [2.24, 2.45) is 0 Å². The van der Waals surface area contributed by atoms with E-state index in [4.69, 9.17) is 4.74 Å². The van der Waals surface area contributed by atoms with Crippen LogP contribution in [0.25, 0.3) is 0 Å². The van der Waals surface area contributed by atoms with Gasteiger partial charge in [-0.05, 0) is 36.6 Å². The van der Waals surface area contributed by atoms with Crippen molar-refractivity contribution in [2.75, 3.05) is 49.6 Å². The van der Waals surface area contributed by atoms with Gasteiger partial charge < -0.3 is 19.9 Å². The van der Waals surface area contributed by atoms with Gasteiger partial charge in [0.05, 0.1) is 24.2 Å². The summed E-state index contributed by atoms with van der Waals surface area (Å²) in [6, 6.07) is 11.7. The molecule has 4 heterocycles. The zero-order valence-corrected chi connectivity index (χ0v) is 16.3. The molecular formula is C22H24N4O3. The molecule has 5 rings (SSSR count). The lowest BCUT2D eigenvalue weighted by molar-refractivity contribution is -0.121. The maximum atomic E-state index is 12.7. The molecule has 0 radical (unpaired) electrons. The number of carbonyl (C=O) groups is 2. The third-order valence-corrected chi connectivity index (χ3v) is 6.36. The highest BCUT2D eigenvalue weighted by Gasteiger charge is 2.48. The molecule has 2 fully saturated rings. The number of amides is 2. The minimum absolute atomic E-state index is 0.00387. The molecule has 1 N–H and O–H groups in total. The smallest absolute Gasteiger partial charge is 0.255 e. The summed E-state index contributed by atoms with van der Waals surface area (Å²) < 4.78 is 5.31. The van der Waals surface area contributed by atoms with Crippen molar-refractivity contribution in [1.82, 2.24) is 9.88 Å². The van der Waals surface area contributed by atoms with Crippen LogP contribution >= 0.6 is 0 Å². The van der Waals surface area contributed by atoms with Crippen LogP contribution < -0.4 is 10.2 Å². The fourth-order valence-corrected chi connectivity index (χ4v) is 4.64. The molecule has 2 saturated heterocycles. The SMILES string of the molecule is O=C(c1ccc(N2CCC3(CC2)C(=O)Nc2ccccc23)nc1)N1CCOCC1. The van der Waals surface area contributed by atoms with Crippen LogP contribution in [-0.4, -0.2) is 61.1 Å². The quantitative estimate of drug-likeness (QED) is 0.847. The van der Waals surface area contributed by atoms with Crippen LogP contribution in [0.15, 0.2) is 42.6 Å². The number of ether oxygens (including phenoxy) is 1. The van der Waals surface area contributed by atoms with Gasteiger partial charge in [0.15, 0.2) is 0 Å². The van der Waals surface area contributed by atoms with E-state index in [0.717, 1.165) is 43.0 Å². The molecule has 1 aromatic carbocycles. The van der Waals surface area contributed by atoms with Crippen LogP contribution in [0.2, 0.25) is 0 Å². The molecule has 0 aliphatic carbocycles. The number of para-hydroxylation sites is 1. The molecule has 0 atom stereocenters. The van der Waals surface area contributed by atoms with Crippen molar-refractivity contribution in [3.63, 3.8) is 0 Å². The third kappa shape index (κ3) is 3.06. The molecular weight excluding hydrogens is 368 g/mol. The largest absolute Gasteiger partial charge is 0.378 e. The maximum absolute atomic E-state index is 12.7. The predicted octanol–water partition coefficient (Wildman–Crippen LogP) is 2.04. The van der Waals surface area contributed by atoms with Gasteiger partial charge in [-0.3, -0.25) is 9.59 Å². The van der Waals surface area contributed by atoms with Crippen molar-refractivity contribution in [3.8, 4) is 0 Å². The van der Waals surface area contributed by atoms with E-state index in [1.54, 1.807) is 11.1 Å². The Morgan fingerprint density at radius 1 is 1.03 bits per heavy atom. The highest BCUT2D eigenvalue weighted by molar-refractivity contribution is 6.06. The monoisotopic (exact) mass is 392 g/mol. The summed E-state index contributed by atoms with van der Waals surface area (Å²) >= 11 is 0. The number of hydrogen-bond acceptors (Lipinski definition) is 5. The first kappa shape index (κ1) is 18.1. The molecule has 1 aromatic heterocycles. The number of fused-ring (bicyclic) bond motifs is 2. The lowest BCUT2D eigenvalue weighted by atomic mass is 9.73. The lowest BCUT2D eigenvalue weighted by Crippen LogP contribution is -2.46. The van der Waals surface area contributed by atoms with E-state index in [-0.39, 0.29) is 11.8 Å². The maximum Gasteiger partial charge on any atom is 0.255 e. The van der Waals surface area contributed by atoms with Gasteiger partial charge in [0.1, 0.15) is 5.82 Å². The molecule has 29 heavy (non-hydrogen) atoms. The molecule has 0 unspecified atom stereocenters. The highest BCUT2D eigenvalue weighted by atomic mass is 16.5. The summed E-state index contributed by atoms with van der Waals surface area (Å²) in [6.45, 7) is 3.93. The Bertz CT molecular complexity index is 929. The number of pyridine rings is 1. The van der Waals surface area contributed by atoms with E-state index in [2.05, 4.69) is 21.3 Å². The van der Waals surface area contributed by atoms with E-state index in [0.29, 0.717) is 31.9 Å². The zero-order valence-electron chi connectivity index (χ0n) is 16.3. The molecule has 150 valence electrons. The van der Waals surface area contributed by atoms with Crippen molar-refractivity contribution in [3.05, 3.63) is 53.7 Å². The second kappa shape index (κ2) is 7.15. The topological polar surface area (TPSA) is 74.8 Å². The Balaban J connectivity index is 1.28. The fraction of sp³-hybridized carbons (Fsp3) is 0.409. The number of morpholine rings is 1. The molecule has 3 aliphatic rings. The number of anilines is 2. The van der Waals surface area contributed by atoms with Crippen molar-refractivity contribution in [1.29, 1.82) is 0 Å². The Hall–Kier alpha value is -2.93. The Morgan fingerprint density at radius 3 is 2.52 bits per heavy atom. The lowest BCUT2D eigenvalue weighted by Gasteiger charge is -2.38. The van der Waals surface area contributed by atoms with Gasteiger partial charge in [0, 0.05) is 38.1 Å². The molecule has 2 aromatic rings. The average molecular weight is 392 g/mol. The minimum Gasteiger partial charge on any atom is -0.378 e. The summed E-state index contributed by atoms with van der Waals surface area (Å²) in [6.07, 6.45) is 3.17. The number of hydrogen-bond donors (Lipinski definition) is 1. The number of aromatic nitrogens is 1. The average Bonchev–Trinajstić information content (AvgIpc) is 3.06. The molecule has 2 amide bonds. The van der Waals surface area contributed by atoms with E-state index < -0.39 is 5.41 Å². The number of nitrogens with zero attached hydrogens (tertiary/aromatic N) is 3. The number of carbonyl (C=O) groups excluding carboxylic acids is 2. The Labute approximate surface area is 169 Å². The third-order valence-electron chi connectivity index (χ3n) is 6.36. The van der Waals surface area contributed by atoms with Crippen molar-refractivity contribution in [2.45, 2.75) is 18.3 Å². The number of nitrogens with one attached hydrogen (secondary N) is 1. The van der Waals surface area contributed by atoms with E-state index in [9.17, 15) is 9.59 Å². The second-order valence-electron chi connectivity index (χ2n) is 7.88. The normalized spacial score (nSPS) is 20.5. The number of piperidine rings is 1. The van der Waals surface area contributed by atoms with Crippen LogP contribution in [0.1, 0.15) is 28.8 Å². The second-order valence-corrected chi connectivity index (χ2v) is 7.88. The van der Waals surface area contributed by atoms with Gasteiger partial charge in [-0.1, -0.05) is 18.2 Å². The first-order valence-electron chi connectivity index (χ1n) is 10.2. The predicted molar refractivity (Wildman–Crippen MR) is 109 cm³/mol. The van der Waals surface area contributed by atoms with Gasteiger partial charge in [-0.2, -0.15) is 0 Å². The van der Waals surface area contributed by atoms with E-state index in [1.165, 1.54) is 0 Å². The Morgan fingerprint density at radius 2 is 1.79 bits per heavy atom. The molecule has 7 heteroatoms. The fourth-order valence-electron chi connectivity index (χ4n) is 4.64. The van der Waals surface area contributed by atoms with Gasteiger partial charge in [0.25, 0.3) is 5.91 Å². The van der Waals surface area contributed by atoms with Crippen LogP contribution in [0, 0.1) is 0 Å². The molecule has 0 saturated carbocycles. The van der Waals surface area contributed by atoms with Crippen LogP contribution in [-0.2, 0) is 14.9 Å². The summed E-state index contributed by atoms with van der Waals surface area (Å²) in [4.78, 5) is 33.9. The van der Waals surface area contributed by atoms with Gasteiger partial charge in [-0.15, -0.1) is 0 Å². The van der Waals surface area contributed by atoms with Gasteiger partial charge in [0.2, 0.25) is 5.91 Å². The van der Waals surface area contributed by atoms with E-state index in [1.807, 2.05) is 30.3 Å². The zero-order chi connectivity index (χ0) is 19.8. The molecule has 0 bridgehead atoms. The molecule has 1 spiro atoms. The summed E-state index contributed by atoms with van der Waals surface area (Å²) in [5.41, 5.74) is 2.23. The summed E-state index contributed by atoms with van der Waals surface area (Å²) in [5, 5.41) is 3.04. The summed E-state index contributed by atoms with van der Waals surface area (Å²) in [5.74, 6) is 0.965.